The number of piperidine rings is 1. The van der Waals surface area contributed by atoms with E-state index in [4.69, 9.17) is 16.3 Å². The number of nitrogens with zero attached hydrogens (tertiary/aromatic N) is 4. The van der Waals surface area contributed by atoms with Crippen LogP contribution in [0.2, 0.25) is 5.02 Å². The Kier molecular flexibility index (Phi) is 6.88. The Balaban J connectivity index is 1.35. The van der Waals surface area contributed by atoms with Crippen LogP contribution in [0.4, 0.5) is 11.4 Å². The van der Waals surface area contributed by atoms with Gasteiger partial charge in [-0.25, -0.2) is 4.68 Å². The predicted octanol–water partition coefficient (Wildman–Crippen LogP) is 4.88. The monoisotopic (exact) mass is 535 g/mol. The fourth-order valence-electron chi connectivity index (χ4n) is 5.66. The minimum absolute atomic E-state index is 0.286. The van der Waals surface area contributed by atoms with E-state index in [-0.39, 0.29) is 5.91 Å². The molecular formula is C29H34ClN5O3. The van der Waals surface area contributed by atoms with Crippen LogP contribution in [0.15, 0.2) is 59.8 Å². The van der Waals surface area contributed by atoms with Crippen molar-refractivity contribution in [2.24, 2.45) is 22.9 Å². The van der Waals surface area contributed by atoms with E-state index >= 15 is 0 Å². The molecule has 0 spiro atoms. The topological polar surface area (TPSA) is 82.3 Å². The zero-order valence-corrected chi connectivity index (χ0v) is 23.1. The van der Waals surface area contributed by atoms with Crippen molar-refractivity contribution in [3.05, 3.63) is 65.4 Å². The molecule has 2 heterocycles. The molecule has 0 bridgehead atoms. The molecule has 1 aliphatic heterocycles. The first kappa shape index (κ1) is 26.1. The number of aromatic nitrogens is 1. The maximum atomic E-state index is 13.4. The van der Waals surface area contributed by atoms with Crippen molar-refractivity contribution in [1.82, 2.24) is 9.58 Å². The number of nitrogens with one attached hydrogen (secondary N) is 1. The molecule has 1 aromatic heterocycles. The number of carbonyl (C=O) groups is 1. The summed E-state index contributed by atoms with van der Waals surface area (Å²) in [5, 5.41) is 18.5. The second kappa shape index (κ2) is 10.0. The van der Waals surface area contributed by atoms with Crippen molar-refractivity contribution < 1.29 is 14.6 Å². The highest BCUT2D eigenvalue weighted by Crippen LogP contribution is 2.58. The third-order valence-corrected chi connectivity index (χ3v) is 7.66. The van der Waals surface area contributed by atoms with Crippen LogP contribution >= 0.6 is 11.6 Å². The fraction of sp³-hybridized carbons (Fsp3) is 0.379. The molecule has 8 nitrogen and oxygen atoms in total. The van der Waals surface area contributed by atoms with E-state index < -0.39 is 5.60 Å². The van der Waals surface area contributed by atoms with Crippen LogP contribution in [-0.2, 0) is 0 Å². The van der Waals surface area contributed by atoms with Crippen molar-refractivity contribution in [2.75, 3.05) is 44.5 Å². The van der Waals surface area contributed by atoms with Crippen molar-refractivity contribution in [2.45, 2.75) is 19.4 Å². The summed E-state index contributed by atoms with van der Waals surface area (Å²) in [4.78, 5) is 17.5. The highest BCUT2D eigenvalue weighted by molar-refractivity contribution is 6.30. The first-order chi connectivity index (χ1) is 18.0. The van der Waals surface area contributed by atoms with Crippen molar-refractivity contribution in [3.63, 3.8) is 0 Å². The minimum atomic E-state index is -0.638. The molecule has 3 aromatic rings. The lowest BCUT2D eigenvalue weighted by Crippen LogP contribution is -2.32. The largest absolute Gasteiger partial charge is 0.495 e. The van der Waals surface area contributed by atoms with E-state index in [0.29, 0.717) is 39.9 Å². The van der Waals surface area contributed by atoms with Crippen LogP contribution in [0.5, 0.6) is 5.75 Å². The van der Waals surface area contributed by atoms with Gasteiger partial charge in [0.1, 0.15) is 17.8 Å². The number of ether oxygens (including phenoxy) is 1. The Morgan fingerprint density at radius 1 is 1.13 bits per heavy atom. The lowest BCUT2D eigenvalue weighted by atomic mass is 9.99. The summed E-state index contributed by atoms with van der Waals surface area (Å²) in [6, 6.07) is 15.0. The first-order valence-electron chi connectivity index (χ1n) is 12.7. The highest BCUT2D eigenvalue weighted by atomic mass is 35.5. The molecule has 2 aromatic carbocycles. The highest BCUT2D eigenvalue weighted by Gasteiger charge is 2.61. The van der Waals surface area contributed by atoms with E-state index in [1.807, 2.05) is 82.7 Å². The van der Waals surface area contributed by atoms with Crippen LogP contribution in [0.1, 0.15) is 24.3 Å². The van der Waals surface area contributed by atoms with Crippen LogP contribution in [-0.4, -0.2) is 66.8 Å². The lowest BCUT2D eigenvalue weighted by molar-refractivity contribution is 0.0452. The van der Waals surface area contributed by atoms with Crippen molar-refractivity contribution in [3.8, 4) is 16.9 Å². The van der Waals surface area contributed by atoms with Gasteiger partial charge in [0.15, 0.2) is 0 Å². The maximum absolute atomic E-state index is 13.4. The summed E-state index contributed by atoms with van der Waals surface area (Å²) in [5.41, 5.74) is 3.18. The number of aliphatic hydroxyl groups is 1. The molecule has 2 unspecified atom stereocenters. The molecule has 2 fully saturated rings. The molecule has 9 heteroatoms. The predicted molar refractivity (Wildman–Crippen MR) is 152 cm³/mol. The van der Waals surface area contributed by atoms with Crippen molar-refractivity contribution >= 4 is 35.2 Å². The van der Waals surface area contributed by atoms with Gasteiger partial charge in [0.25, 0.3) is 5.91 Å². The minimum Gasteiger partial charge on any atom is -0.495 e. The Hall–Kier alpha value is -3.49. The number of anilines is 2. The normalized spacial score (nSPS) is 20.5. The number of hydrogen-bond acceptors (Lipinski definition) is 5. The number of benzene rings is 2. The average Bonchev–Trinajstić information content (AvgIpc) is 3.19. The lowest BCUT2D eigenvalue weighted by Gasteiger charge is -2.27. The molecule has 5 rings (SSSR count). The molecule has 1 saturated heterocycles. The second-order valence-electron chi connectivity index (χ2n) is 10.9. The van der Waals surface area contributed by atoms with E-state index in [9.17, 15) is 9.90 Å². The zero-order valence-electron chi connectivity index (χ0n) is 22.4. The fourth-order valence-corrected chi connectivity index (χ4v) is 5.78. The van der Waals surface area contributed by atoms with Gasteiger partial charge < -0.3 is 25.0 Å². The number of carbonyl (C=O) groups excluding carboxylic acids is 1. The summed E-state index contributed by atoms with van der Waals surface area (Å²) in [6.45, 7) is 5.59. The number of halogens is 1. The Morgan fingerprint density at radius 3 is 2.42 bits per heavy atom. The molecule has 1 amide bonds. The van der Waals surface area contributed by atoms with Gasteiger partial charge in [-0.3, -0.25) is 4.79 Å². The maximum Gasteiger partial charge on any atom is 0.274 e. The Morgan fingerprint density at radius 2 is 1.82 bits per heavy atom. The summed E-state index contributed by atoms with van der Waals surface area (Å²) in [6.07, 6.45) is 3.46. The summed E-state index contributed by atoms with van der Waals surface area (Å²) < 4.78 is 7.27. The molecule has 2 aliphatic rings. The van der Waals surface area contributed by atoms with Crippen LogP contribution in [0, 0.1) is 17.8 Å². The molecule has 200 valence electrons. The van der Waals surface area contributed by atoms with Gasteiger partial charge in [-0.15, -0.1) is 0 Å². The van der Waals surface area contributed by atoms with Gasteiger partial charge in [0.2, 0.25) is 0 Å². The van der Waals surface area contributed by atoms with Gasteiger partial charge in [0, 0.05) is 55.7 Å². The standard InChI is InChI=1S/C29H34ClN5O3/c1-29(2,37)27-22-15-34(16-23(22)27)24-11-10-21(13-26(24)38-5)32-28(36)25-12-19(14-35(25)31-17-33(3)4)18-6-8-20(30)9-7-18/h6-14,17,22-23,27,37H,15-16H2,1-5H3,(H,32,36). The third kappa shape index (κ3) is 5.24. The number of rotatable bonds is 8. The Labute approximate surface area is 228 Å². The quantitative estimate of drug-likeness (QED) is 0.317. The van der Waals surface area contributed by atoms with E-state index in [1.165, 1.54) is 0 Å². The first-order valence-corrected chi connectivity index (χ1v) is 13.1. The van der Waals surface area contributed by atoms with Gasteiger partial charge in [0.05, 0.1) is 18.4 Å². The van der Waals surface area contributed by atoms with Gasteiger partial charge in [-0.05, 0) is 67.5 Å². The molecule has 1 aliphatic carbocycles. The van der Waals surface area contributed by atoms with Crippen LogP contribution in [0.25, 0.3) is 11.1 Å². The van der Waals surface area contributed by atoms with Gasteiger partial charge in [-0.1, -0.05) is 23.7 Å². The molecular weight excluding hydrogens is 502 g/mol. The number of fused-ring (bicyclic) bond motifs is 1. The molecule has 38 heavy (non-hydrogen) atoms. The van der Waals surface area contributed by atoms with Crippen LogP contribution < -0.4 is 15.0 Å². The summed E-state index contributed by atoms with van der Waals surface area (Å²) in [7, 11) is 5.38. The molecule has 2 N–H and O–H groups in total. The van der Waals surface area contributed by atoms with Crippen molar-refractivity contribution in [1.29, 1.82) is 0 Å². The summed E-state index contributed by atoms with van der Waals surface area (Å²) >= 11 is 6.05. The summed E-state index contributed by atoms with van der Waals surface area (Å²) in [5.74, 6) is 1.78. The van der Waals surface area contributed by atoms with Gasteiger partial charge in [-0.2, -0.15) is 5.10 Å². The van der Waals surface area contributed by atoms with Crippen LogP contribution in [0.3, 0.4) is 0 Å². The van der Waals surface area contributed by atoms with Gasteiger partial charge >= 0.3 is 0 Å². The smallest absolute Gasteiger partial charge is 0.274 e. The van der Waals surface area contributed by atoms with E-state index in [0.717, 1.165) is 29.9 Å². The van der Waals surface area contributed by atoms with E-state index in [2.05, 4.69) is 15.3 Å². The molecule has 0 radical (unpaired) electrons. The number of hydrogen-bond donors (Lipinski definition) is 2. The Bertz CT molecular complexity index is 1350. The second-order valence-corrected chi connectivity index (χ2v) is 11.3. The average molecular weight is 536 g/mol. The zero-order chi connectivity index (χ0) is 27.2. The molecule has 2 atom stereocenters. The number of amides is 1. The third-order valence-electron chi connectivity index (χ3n) is 7.41. The van der Waals surface area contributed by atoms with E-state index in [1.54, 1.807) is 23.0 Å². The number of methoxy groups -OCH3 is 1. The molecule has 1 saturated carbocycles. The SMILES string of the molecule is COc1cc(NC(=O)c2cc(-c3ccc(Cl)cc3)cn2N=CN(C)C)ccc1N1CC2C(C1)C2C(C)(C)O.